The number of nitrogens with one attached hydrogen (secondary N) is 2. The van der Waals surface area contributed by atoms with Crippen LogP contribution in [0.25, 0.3) is 22.4 Å². The monoisotopic (exact) mass is 493 g/mol. The Balaban J connectivity index is 1.56. The molecule has 0 radical (unpaired) electrons. The minimum absolute atomic E-state index is 0.260. The number of anilines is 1. The number of fused-ring (bicyclic) bond motifs is 1. The molecule has 1 amide bonds. The molecule has 1 aromatic heterocycles. The van der Waals surface area contributed by atoms with Gasteiger partial charge in [-0.2, -0.15) is 0 Å². The lowest BCUT2D eigenvalue weighted by molar-refractivity contribution is -0.124. The zero-order valence-corrected chi connectivity index (χ0v) is 20.2. The van der Waals surface area contributed by atoms with E-state index in [-0.39, 0.29) is 6.42 Å². The Bertz CT molecular complexity index is 1350. The van der Waals surface area contributed by atoms with Crippen molar-refractivity contribution in [1.29, 1.82) is 0 Å². The van der Waals surface area contributed by atoms with Crippen molar-refractivity contribution >= 4 is 40.2 Å². The summed E-state index contributed by atoms with van der Waals surface area (Å²) in [5.74, 6) is 0.149. The molecule has 4 aromatic rings. The Kier molecular flexibility index (Phi) is 7.22. The number of rotatable bonds is 8. The van der Waals surface area contributed by atoms with Crippen molar-refractivity contribution in [2.75, 3.05) is 19.5 Å². The molecule has 1 atom stereocenters. The summed E-state index contributed by atoms with van der Waals surface area (Å²) in [6.07, 6.45) is -0.784. The van der Waals surface area contributed by atoms with Crippen LogP contribution in [0.2, 0.25) is 5.02 Å². The van der Waals surface area contributed by atoms with Gasteiger partial charge in [0.2, 0.25) is 0 Å². The molecule has 180 valence electrons. The molecule has 0 saturated carbocycles. The first kappa shape index (κ1) is 24.1. The molecular formula is C26H24ClN3O5. The van der Waals surface area contributed by atoms with Crippen LogP contribution >= 0.6 is 11.6 Å². The van der Waals surface area contributed by atoms with Gasteiger partial charge in [0.05, 0.1) is 41.5 Å². The highest BCUT2D eigenvalue weighted by Crippen LogP contribution is 2.36. The van der Waals surface area contributed by atoms with Gasteiger partial charge >= 0.3 is 5.97 Å². The van der Waals surface area contributed by atoms with E-state index in [1.165, 1.54) is 20.3 Å². The molecule has 0 spiro atoms. The van der Waals surface area contributed by atoms with E-state index in [1.54, 1.807) is 31.2 Å². The Hall–Kier alpha value is -4.04. The fourth-order valence-electron chi connectivity index (χ4n) is 3.63. The van der Waals surface area contributed by atoms with Gasteiger partial charge in [0, 0.05) is 11.6 Å². The van der Waals surface area contributed by atoms with Crippen molar-refractivity contribution in [3.8, 4) is 22.9 Å². The van der Waals surface area contributed by atoms with Crippen LogP contribution in [0.1, 0.15) is 23.7 Å². The number of hydrogen-bond acceptors (Lipinski definition) is 6. The molecule has 0 aliphatic carbocycles. The van der Waals surface area contributed by atoms with Crippen molar-refractivity contribution < 1.29 is 23.8 Å². The number of H-pyrrole nitrogens is 1. The van der Waals surface area contributed by atoms with E-state index in [1.807, 2.05) is 30.3 Å². The number of carbonyl (C=O) groups is 2. The summed E-state index contributed by atoms with van der Waals surface area (Å²) < 4.78 is 16.1. The number of esters is 1. The molecule has 1 heterocycles. The summed E-state index contributed by atoms with van der Waals surface area (Å²) in [7, 11) is 2.94. The first-order chi connectivity index (χ1) is 16.9. The number of amides is 1. The first-order valence-electron chi connectivity index (χ1n) is 10.9. The predicted octanol–water partition coefficient (Wildman–Crippen LogP) is 5.47. The largest absolute Gasteiger partial charge is 0.495 e. The molecule has 35 heavy (non-hydrogen) atoms. The average Bonchev–Trinajstić information content (AvgIpc) is 3.31. The van der Waals surface area contributed by atoms with E-state index >= 15 is 0 Å². The SMILES string of the molecule is CCC(OC(=O)c1ccccc1-c1nc2ccccc2[nH]1)C(=O)Nc1cc(Cl)c(OC)cc1OC. The number of ether oxygens (including phenoxy) is 3. The Morgan fingerprint density at radius 1 is 1.03 bits per heavy atom. The van der Waals surface area contributed by atoms with Crippen LogP contribution in [0.3, 0.4) is 0 Å². The molecule has 0 fully saturated rings. The molecule has 0 aliphatic rings. The predicted molar refractivity (Wildman–Crippen MR) is 134 cm³/mol. The molecule has 3 aromatic carbocycles. The van der Waals surface area contributed by atoms with Crippen LogP contribution in [0.5, 0.6) is 11.5 Å². The number of benzene rings is 3. The molecule has 9 heteroatoms. The van der Waals surface area contributed by atoms with Crippen molar-refractivity contribution in [1.82, 2.24) is 9.97 Å². The lowest BCUT2D eigenvalue weighted by Crippen LogP contribution is -2.32. The third-order valence-corrected chi connectivity index (χ3v) is 5.73. The Labute approximate surface area is 207 Å². The van der Waals surface area contributed by atoms with Gasteiger partial charge in [-0.15, -0.1) is 0 Å². The lowest BCUT2D eigenvalue weighted by Gasteiger charge is -2.18. The van der Waals surface area contributed by atoms with Gasteiger partial charge in [-0.3, -0.25) is 4.79 Å². The standard InChI is InChI=1S/C26H24ClN3O5/c1-4-21(25(31)30-20-13-17(27)22(33-2)14-23(20)34-3)35-26(32)16-10-6-5-9-15(16)24-28-18-11-7-8-12-19(18)29-24/h5-14,21H,4H2,1-3H3,(H,28,29)(H,30,31). The van der Waals surface area contributed by atoms with Gasteiger partial charge < -0.3 is 24.5 Å². The van der Waals surface area contributed by atoms with E-state index in [0.29, 0.717) is 39.2 Å². The topological polar surface area (TPSA) is 103 Å². The van der Waals surface area contributed by atoms with Gasteiger partial charge in [-0.1, -0.05) is 48.9 Å². The number of imidazole rings is 1. The maximum Gasteiger partial charge on any atom is 0.339 e. The number of para-hydroxylation sites is 2. The summed E-state index contributed by atoms with van der Waals surface area (Å²) in [5, 5.41) is 3.03. The fourth-order valence-corrected chi connectivity index (χ4v) is 3.87. The molecular weight excluding hydrogens is 470 g/mol. The zero-order chi connectivity index (χ0) is 24.9. The van der Waals surface area contributed by atoms with Crippen LogP contribution in [-0.4, -0.2) is 42.2 Å². The first-order valence-corrected chi connectivity index (χ1v) is 11.3. The van der Waals surface area contributed by atoms with Gasteiger partial charge in [-0.25, -0.2) is 9.78 Å². The number of halogens is 1. The zero-order valence-electron chi connectivity index (χ0n) is 19.4. The van der Waals surface area contributed by atoms with E-state index in [9.17, 15) is 9.59 Å². The maximum atomic E-state index is 13.1. The highest BCUT2D eigenvalue weighted by molar-refractivity contribution is 6.32. The number of hydrogen-bond donors (Lipinski definition) is 2. The minimum atomic E-state index is -1.04. The molecule has 8 nitrogen and oxygen atoms in total. The molecule has 0 saturated heterocycles. The molecule has 0 aliphatic heterocycles. The van der Waals surface area contributed by atoms with Gasteiger partial charge in [0.15, 0.2) is 6.10 Å². The van der Waals surface area contributed by atoms with Gasteiger partial charge in [0.1, 0.15) is 17.3 Å². The highest BCUT2D eigenvalue weighted by atomic mass is 35.5. The van der Waals surface area contributed by atoms with Crippen LogP contribution < -0.4 is 14.8 Å². The quantitative estimate of drug-likeness (QED) is 0.315. The van der Waals surface area contributed by atoms with Crippen molar-refractivity contribution in [3.63, 3.8) is 0 Å². The lowest BCUT2D eigenvalue weighted by atomic mass is 10.1. The van der Waals surface area contributed by atoms with Crippen LogP contribution in [0.4, 0.5) is 5.69 Å². The number of aromatic nitrogens is 2. The number of carbonyl (C=O) groups excluding carboxylic acids is 2. The minimum Gasteiger partial charge on any atom is -0.495 e. The number of methoxy groups -OCH3 is 2. The second-order valence-corrected chi connectivity index (χ2v) is 8.03. The summed E-state index contributed by atoms with van der Waals surface area (Å²) >= 11 is 6.20. The van der Waals surface area contributed by atoms with E-state index in [2.05, 4.69) is 15.3 Å². The molecule has 4 rings (SSSR count). The van der Waals surface area contributed by atoms with Gasteiger partial charge in [0.25, 0.3) is 5.91 Å². The van der Waals surface area contributed by atoms with Crippen molar-refractivity contribution in [3.05, 3.63) is 71.2 Å². The van der Waals surface area contributed by atoms with Crippen LogP contribution in [0, 0.1) is 0 Å². The highest BCUT2D eigenvalue weighted by Gasteiger charge is 2.25. The summed E-state index contributed by atoms with van der Waals surface area (Å²) in [6.45, 7) is 1.75. The van der Waals surface area contributed by atoms with Gasteiger partial charge in [-0.05, 0) is 30.7 Å². The number of nitrogens with zero attached hydrogens (tertiary/aromatic N) is 1. The molecule has 2 N–H and O–H groups in total. The molecule has 1 unspecified atom stereocenters. The number of aromatic amines is 1. The summed E-state index contributed by atoms with van der Waals surface area (Å²) in [6, 6.07) is 17.6. The molecule has 0 bridgehead atoms. The smallest absolute Gasteiger partial charge is 0.339 e. The van der Waals surface area contributed by atoms with Crippen LogP contribution in [0.15, 0.2) is 60.7 Å². The summed E-state index contributed by atoms with van der Waals surface area (Å²) in [4.78, 5) is 33.9. The Morgan fingerprint density at radius 3 is 2.46 bits per heavy atom. The van der Waals surface area contributed by atoms with E-state index in [0.717, 1.165) is 11.0 Å². The van der Waals surface area contributed by atoms with Crippen molar-refractivity contribution in [2.45, 2.75) is 19.4 Å². The van der Waals surface area contributed by atoms with E-state index in [4.69, 9.17) is 25.8 Å². The second-order valence-electron chi connectivity index (χ2n) is 7.63. The van der Waals surface area contributed by atoms with Crippen molar-refractivity contribution in [2.24, 2.45) is 0 Å². The fraction of sp³-hybridized carbons (Fsp3) is 0.192. The third-order valence-electron chi connectivity index (χ3n) is 5.44. The maximum absolute atomic E-state index is 13.1. The normalized spacial score (nSPS) is 11.7. The summed E-state index contributed by atoms with van der Waals surface area (Å²) in [5.41, 5.74) is 2.84. The third kappa shape index (κ3) is 5.07. The second kappa shape index (κ2) is 10.5. The van der Waals surface area contributed by atoms with E-state index < -0.39 is 18.0 Å². The van der Waals surface area contributed by atoms with Crippen LogP contribution in [-0.2, 0) is 9.53 Å². The Morgan fingerprint density at radius 2 is 1.74 bits per heavy atom. The average molecular weight is 494 g/mol.